The summed E-state index contributed by atoms with van der Waals surface area (Å²) in [5.41, 5.74) is 3.51. The molecule has 1 fully saturated rings. The predicted molar refractivity (Wildman–Crippen MR) is 103 cm³/mol. The Bertz CT molecular complexity index is 899. The Labute approximate surface area is 164 Å². The Hall–Kier alpha value is -3.11. The first-order chi connectivity index (χ1) is 13.7. The Morgan fingerprint density at radius 1 is 1.29 bits per heavy atom. The monoisotopic (exact) mass is 378 g/mol. The number of nitrogens with zero attached hydrogens (tertiary/aromatic N) is 4. The summed E-state index contributed by atoms with van der Waals surface area (Å²) < 4.78 is 11.0. The van der Waals surface area contributed by atoms with Crippen LogP contribution in [0.15, 0.2) is 36.5 Å². The molecule has 4 rings (SSSR count). The summed E-state index contributed by atoms with van der Waals surface area (Å²) in [5, 5.41) is 9.58. The fraction of sp³-hybridized carbons (Fsp3) is 0.381. The zero-order chi connectivity index (χ0) is 19.5. The molecule has 1 saturated heterocycles. The lowest BCUT2D eigenvalue weighted by Gasteiger charge is -2.28. The van der Waals surface area contributed by atoms with Crippen molar-refractivity contribution in [3.8, 4) is 11.9 Å². The van der Waals surface area contributed by atoms with Crippen LogP contribution >= 0.6 is 0 Å². The zero-order valence-corrected chi connectivity index (χ0v) is 15.8. The molecule has 0 saturated carbocycles. The second-order valence-electron chi connectivity index (χ2n) is 7.01. The van der Waals surface area contributed by atoms with Crippen LogP contribution in [-0.2, 0) is 22.6 Å². The number of methoxy groups -OCH3 is 1. The summed E-state index contributed by atoms with van der Waals surface area (Å²) in [6.45, 7) is 3.25. The van der Waals surface area contributed by atoms with Gasteiger partial charge in [-0.2, -0.15) is 5.26 Å². The van der Waals surface area contributed by atoms with Crippen LogP contribution in [0.2, 0.25) is 0 Å². The minimum atomic E-state index is -0.289. The highest BCUT2D eigenvalue weighted by Gasteiger charge is 2.32. The van der Waals surface area contributed by atoms with Gasteiger partial charge in [-0.15, -0.1) is 0 Å². The van der Waals surface area contributed by atoms with Crippen LogP contribution in [0.4, 0.5) is 5.69 Å². The van der Waals surface area contributed by atoms with Gasteiger partial charge in [0.2, 0.25) is 11.8 Å². The number of carbonyl (C=O) groups excluding carboxylic acids is 1. The average Bonchev–Trinajstić information content (AvgIpc) is 3.02. The van der Waals surface area contributed by atoms with Gasteiger partial charge in [0.25, 0.3) is 0 Å². The van der Waals surface area contributed by atoms with Gasteiger partial charge in [0.05, 0.1) is 31.9 Å². The summed E-state index contributed by atoms with van der Waals surface area (Å²) in [5.74, 6) is 0.0909. The van der Waals surface area contributed by atoms with E-state index in [0.29, 0.717) is 50.8 Å². The molecule has 1 aromatic carbocycles. The predicted octanol–water partition coefficient (Wildman–Crippen LogP) is 1.96. The maximum Gasteiger partial charge on any atom is 0.233 e. The second-order valence-corrected chi connectivity index (χ2v) is 7.01. The highest BCUT2D eigenvalue weighted by atomic mass is 16.5. The number of rotatable bonds is 3. The summed E-state index contributed by atoms with van der Waals surface area (Å²) in [7, 11) is 1.50. The van der Waals surface area contributed by atoms with Crippen LogP contribution in [0, 0.1) is 17.2 Å². The summed E-state index contributed by atoms with van der Waals surface area (Å²) >= 11 is 0. The Kier molecular flexibility index (Phi) is 5.13. The van der Waals surface area contributed by atoms with Gasteiger partial charge in [-0.3, -0.25) is 4.79 Å². The second kappa shape index (κ2) is 7.87. The molecule has 0 radical (unpaired) electrons. The lowest BCUT2D eigenvalue weighted by molar-refractivity contribution is -0.137. The van der Waals surface area contributed by atoms with Gasteiger partial charge in [-0.1, -0.05) is 24.3 Å². The minimum absolute atomic E-state index is 0.0858. The molecular weight excluding hydrogens is 356 g/mol. The number of aromatic nitrogens is 1. The van der Waals surface area contributed by atoms with Crippen molar-refractivity contribution < 1.29 is 14.3 Å². The quantitative estimate of drug-likeness (QED) is 0.812. The fourth-order valence-corrected chi connectivity index (χ4v) is 3.88. The molecule has 28 heavy (non-hydrogen) atoms. The van der Waals surface area contributed by atoms with E-state index in [4.69, 9.17) is 9.47 Å². The van der Waals surface area contributed by atoms with E-state index in [1.54, 1.807) is 12.3 Å². The largest absolute Gasteiger partial charge is 0.480 e. The van der Waals surface area contributed by atoms with E-state index in [9.17, 15) is 10.1 Å². The van der Waals surface area contributed by atoms with E-state index in [0.717, 1.165) is 5.69 Å². The standard InChI is InChI=1S/C21H22N4O3/c1-27-20-18(10-22)19(6-7-23-20)24-8-9-28-14-17(13-24)21(26)25-11-15-4-2-3-5-16(15)12-25/h2-7,17H,8-9,11-14H2,1H3. The number of hydrogen-bond acceptors (Lipinski definition) is 6. The summed E-state index contributed by atoms with van der Waals surface area (Å²) in [4.78, 5) is 21.2. The van der Waals surface area contributed by atoms with Crippen molar-refractivity contribution in [3.63, 3.8) is 0 Å². The average molecular weight is 378 g/mol. The number of ether oxygens (including phenoxy) is 2. The zero-order valence-electron chi connectivity index (χ0n) is 15.8. The number of hydrogen-bond donors (Lipinski definition) is 0. The van der Waals surface area contributed by atoms with E-state index >= 15 is 0 Å². The third-order valence-corrected chi connectivity index (χ3v) is 5.31. The maximum atomic E-state index is 13.2. The number of anilines is 1. The van der Waals surface area contributed by atoms with Gasteiger partial charge in [-0.25, -0.2) is 4.98 Å². The highest BCUT2D eigenvalue weighted by Crippen LogP contribution is 2.29. The Morgan fingerprint density at radius 2 is 2.04 bits per heavy atom. The molecule has 2 aromatic rings. The van der Waals surface area contributed by atoms with Crippen LogP contribution in [0.3, 0.4) is 0 Å². The molecule has 1 unspecified atom stereocenters. The molecule has 1 amide bonds. The topological polar surface area (TPSA) is 78.7 Å². The minimum Gasteiger partial charge on any atom is -0.480 e. The van der Waals surface area contributed by atoms with E-state index in [1.165, 1.54) is 18.2 Å². The SMILES string of the molecule is COc1nccc(N2CCOCC(C(=O)N3Cc4ccccc4C3)C2)c1C#N. The number of amides is 1. The molecule has 3 heterocycles. The van der Waals surface area contributed by atoms with Crippen molar-refractivity contribution in [3.05, 3.63) is 53.2 Å². The molecule has 0 N–H and O–H groups in total. The number of nitriles is 1. The van der Waals surface area contributed by atoms with Crippen molar-refractivity contribution in [1.29, 1.82) is 5.26 Å². The molecule has 0 bridgehead atoms. The number of pyridine rings is 1. The number of benzene rings is 1. The highest BCUT2D eigenvalue weighted by molar-refractivity contribution is 5.80. The molecule has 1 aromatic heterocycles. The van der Waals surface area contributed by atoms with Crippen LogP contribution < -0.4 is 9.64 Å². The molecule has 2 aliphatic rings. The third kappa shape index (κ3) is 3.39. The number of carbonyl (C=O) groups is 1. The lowest BCUT2D eigenvalue weighted by atomic mass is 10.1. The smallest absolute Gasteiger partial charge is 0.233 e. The molecular formula is C21H22N4O3. The van der Waals surface area contributed by atoms with Crippen molar-refractivity contribution >= 4 is 11.6 Å². The molecule has 7 nitrogen and oxygen atoms in total. The van der Waals surface area contributed by atoms with Crippen molar-refractivity contribution in [2.75, 3.05) is 38.3 Å². The maximum absolute atomic E-state index is 13.2. The third-order valence-electron chi connectivity index (χ3n) is 5.31. The van der Waals surface area contributed by atoms with Crippen molar-refractivity contribution in [2.45, 2.75) is 13.1 Å². The molecule has 0 spiro atoms. The van der Waals surface area contributed by atoms with Gasteiger partial charge in [0, 0.05) is 32.4 Å². The van der Waals surface area contributed by atoms with Gasteiger partial charge in [-0.05, 0) is 17.2 Å². The Morgan fingerprint density at radius 3 is 2.71 bits per heavy atom. The van der Waals surface area contributed by atoms with Crippen LogP contribution in [0.5, 0.6) is 5.88 Å². The molecule has 7 heteroatoms. The number of fused-ring (bicyclic) bond motifs is 1. The van der Waals surface area contributed by atoms with Crippen LogP contribution in [0.25, 0.3) is 0 Å². The fourth-order valence-electron chi connectivity index (χ4n) is 3.88. The van der Waals surface area contributed by atoms with Gasteiger partial charge >= 0.3 is 0 Å². The first-order valence-corrected chi connectivity index (χ1v) is 9.32. The molecule has 1 atom stereocenters. The van der Waals surface area contributed by atoms with E-state index in [1.807, 2.05) is 21.9 Å². The van der Waals surface area contributed by atoms with Crippen LogP contribution in [-0.4, -0.2) is 49.2 Å². The normalized spacial score (nSPS) is 18.9. The van der Waals surface area contributed by atoms with Gasteiger partial charge in [0.15, 0.2) is 0 Å². The van der Waals surface area contributed by atoms with Gasteiger partial charge < -0.3 is 19.3 Å². The summed E-state index contributed by atoms with van der Waals surface area (Å²) in [6, 6.07) is 12.1. The van der Waals surface area contributed by atoms with E-state index < -0.39 is 0 Å². The van der Waals surface area contributed by atoms with Crippen molar-refractivity contribution in [2.24, 2.45) is 5.92 Å². The van der Waals surface area contributed by atoms with E-state index in [2.05, 4.69) is 23.2 Å². The molecule has 144 valence electrons. The lowest BCUT2D eigenvalue weighted by Crippen LogP contribution is -2.40. The first-order valence-electron chi connectivity index (χ1n) is 9.32. The Balaban J connectivity index is 1.54. The molecule has 0 aliphatic carbocycles. The first kappa shape index (κ1) is 18.3. The summed E-state index contributed by atoms with van der Waals surface area (Å²) in [6.07, 6.45) is 1.62. The molecule has 2 aliphatic heterocycles. The van der Waals surface area contributed by atoms with Gasteiger partial charge in [0.1, 0.15) is 11.6 Å². The van der Waals surface area contributed by atoms with Crippen LogP contribution in [0.1, 0.15) is 16.7 Å². The van der Waals surface area contributed by atoms with E-state index in [-0.39, 0.29) is 11.8 Å². The van der Waals surface area contributed by atoms with Crippen molar-refractivity contribution in [1.82, 2.24) is 9.88 Å².